The van der Waals surface area contributed by atoms with Gasteiger partial charge < -0.3 is 13.9 Å². The first kappa shape index (κ1) is 18.0. The molecular formula is C19H18N2O4S. The lowest BCUT2D eigenvalue weighted by molar-refractivity contribution is 0.0600. The van der Waals surface area contributed by atoms with Gasteiger partial charge in [0.2, 0.25) is 5.89 Å². The minimum Gasteiger partial charge on any atom is -0.497 e. The molecular weight excluding hydrogens is 352 g/mol. The Kier molecular flexibility index (Phi) is 5.91. The Bertz CT molecular complexity index is 860. The van der Waals surface area contributed by atoms with E-state index in [4.69, 9.17) is 9.15 Å². The molecule has 6 nitrogen and oxygen atoms in total. The van der Waals surface area contributed by atoms with Gasteiger partial charge >= 0.3 is 5.97 Å². The molecule has 0 saturated carbocycles. The lowest BCUT2D eigenvalue weighted by atomic mass is 10.1. The summed E-state index contributed by atoms with van der Waals surface area (Å²) < 4.78 is 15.5. The fraction of sp³-hybridized carbons (Fsp3) is 0.211. The van der Waals surface area contributed by atoms with Crippen LogP contribution in [0.15, 0.2) is 58.2 Å². The van der Waals surface area contributed by atoms with Crippen molar-refractivity contribution in [3.8, 4) is 5.75 Å². The number of nitrogens with zero attached hydrogens (tertiary/aromatic N) is 2. The topological polar surface area (TPSA) is 74.5 Å². The summed E-state index contributed by atoms with van der Waals surface area (Å²) >= 11 is 1.45. The van der Waals surface area contributed by atoms with Crippen molar-refractivity contribution in [1.82, 2.24) is 10.2 Å². The normalized spacial score (nSPS) is 10.5. The molecule has 1 heterocycles. The van der Waals surface area contributed by atoms with Crippen molar-refractivity contribution in [2.75, 3.05) is 14.2 Å². The highest BCUT2D eigenvalue weighted by molar-refractivity contribution is 7.98. The number of rotatable bonds is 7. The van der Waals surface area contributed by atoms with Gasteiger partial charge in [-0.1, -0.05) is 36.0 Å². The fourth-order valence-electron chi connectivity index (χ4n) is 2.29. The van der Waals surface area contributed by atoms with E-state index in [1.807, 2.05) is 36.4 Å². The number of methoxy groups -OCH3 is 2. The average Bonchev–Trinajstić information content (AvgIpc) is 3.14. The number of hydrogen-bond donors (Lipinski definition) is 0. The Hall–Kier alpha value is -2.80. The van der Waals surface area contributed by atoms with Crippen LogP contribution in [0.25, 0.3) is 0 Å². The van der Waals surface area contributed by atoms with Crippen LogP contribution < -0.4 is 4.74 Å². The average molecular weight is 370 g/mol. The molecule has 0 radical (unpaired) electrons. The molecule has 1 aromatic heterocycles. The molecule has 0 bridgehead atoms. The lowest BCUT2D eigenvalue weighted by Crippen LogP contribution is -2.00. The van der Waals surface area contributed by atoms with E-state index >= 15 is 0 Å². The second-order valence-corrected chi connectivity index (χ2v) is 6.39. The molecule has 0 saturated heterocycles. The van der Waals surface area contributed by atoms with Gasteiger partial charge in [-0.25, -0.2) is 4.79 Å². The van der Waals surface area contributed by atoms with E-state index in [0.29, 0.717) is 28.9 Å². The Labute approximate surface area is 155 Å². The molecule has 0 amide bonds. The molecule has 134 valence electrons. The summed E-state index contributed by atoms with van der Waals surface area (Å²) in [6.07, 6.45) is 0.575. The van der Waals surface area contributed by atoms with Crippen molar-refractivity contribution in [2.24, 2.45) is 0 Å². The Morgan fingerprint density at radius 3 is 2.35 bits per heavy atom. The first-order valence-electron chi connectivity index (χ1n) is 7.93. The van der Waals surface area contributed by atoms with Crippen LogP contribution in [0, 0.1) is 0 Å². The molecule has 0 atom stereocenters. The summed E-state index contributed by atoms with van der Waals surface area (Å²) in [4.78, 5) is 11.4. The van der Waals surface area contributed by atoms with Gasteiger partial charge in [-0.3, -0.25) is 0 Å². The Balaban J connectivity index is 1.55. The number of aromatic nitrogens is 2. The number of carbonyl (C=O) groups excluding carboxylic acids is 1. The molecule has 0 fully saturated rings. The van der Waals surface area contributed by atoms with E-state index in [2.05, 4.69) is 14.9 Å². The third-order valence-electron chi connectivity index (χ3n) is 3.70. The van der Waals surface area contributed by atoms with E-state index in [9.17, 15) is 4.79 Å². The van der Waals surface area contributed by atoms with Crippen molar-refractivity contribution < 1.29 is 18.7 Å². The summed E-state index contributed by atoms with van der Waals surface area (Å²) in [7, 11) is 3.00. The zero-order chi connectivity index (χ0) is 18.4. The van der Waals surface area contributed by atoms with Crippen molar-refractivity contribution >= 4 is 17.7 Å². The van der Waals surface area contributed by atoms with Gasteiger partial charge in [-0.05, 0) is 35.4 Å². The standard InChI is InChI=1S/C19H18N2O4S/c1-23-16-9-5-13(6-10-16)11-17-20-21-19(25-17)26-12-14-3-7-15(8-4-14)18(22)24-2/h3-10H,11-12H2,1-2H3. The van der Waals surface area contributed by atoms with Gasteiger partial charge in [0.15, 0.2) is 0 Å². The highest BCUT2D eigenvalue weighted by atomic mass is 32.2. The summed E-state index contributed by atoms with van der Waals surface area (Å²) in [6.45, 7) is 0. The molecule has 0 spiro atoms. The minimum atomic E-state index is -0.343. The maximum absolute atomic E-state index is 11.4. The predicted molar refractivity (Wildman–Crippen MR) is 97.4 cm³/mol. The second-order valence-electron chi connectivity index (χ2n) is 5.46. The van der Waals surface area contributed by atoms with Crippen LogP contribution in [-0.4, -0.2) is 30.4 Å². The minimum absolute atomic E-state index is 0.343. The van der Waals surface area contributed by atoms with Crippen molar-refractivity contribution in [3.05, 3.63) is 71.1 Å². The Morgan fingerprint density at radius 2 is 1.69 bits per heavy atom. The van der Waals surface area contributed by atoms with Crippen LogP contribution in [0.2, 0.25) is 0 Å². The predicted octanol–water partition coefficient (Wildman–Crippen LogP) is 3.75. The number of benzene rings is 2. The van der Waals surface area contributed by atoms with Crippen LogP contribution in [0.5, 0.6) is 5.75 Å². The monoisotopic (exact) mass is 370 g/mol. The quantitative estimate of drug-likeness (QED) is 0.463. The van der Waals surface area contributed by atoms with Gasteiger partial charge in [0.25, 0.3) is 5.22 Å². The summed E-state index contributed by atoms with van der Waals surface area (Å²) in [5.74, 6) is 1.71. The number of esters is 1. The Morgan fingerprint density at radius 1 is 1.00 bits per heavy atom. The van der Waals surface area contributed by atoms with Gasteiger partial charge in [-0.2, -0.15) is 0 Å². The van der Waals surface area contributed by atoms with E-state index in [1.165, 1.54) is 18.9 Å². The third kappa shape index (κ3) is 4.64. The molecule has 26 heavy (non-hydrogen) atoms. The number of thioether (sulfide) groups is 1. The molecule has 7 heteroatoms. The summed E-state index contributed by atoms with van der Waals surface area (Å²) in [6, 6.07) is 15.0. The molecule has 0 aliphatic rings. The van der Waals surface area contributed by atoms with Crippen LogP contribution in [-0.2, 0) is 16.9 Å². The number of ether oxygens (including phenoxy) is 2. The van der Waals surface area contributed by atoms with E-state index in [-0.39, 0.29) is 5.97 Å². The van der Waals surface area contributed by atoms with Gasteiger partial charge in [0, 0.05) is 5.75 Å². The van der Waals surface area contributed by atoms with Gasteiger partial charge in [0.05, 0.1) is 26.2 Å². The van der Waals surface area contributed by atoms with E-state index in [1.54, 1.807) is 19.2 Å². The van der Waals surface area contributed by atoms with Crippen molar-refractivity contribution in [2.45, 2.75) is 17.4 Å². The maximum atomic E-state index is 11.4. The largest absolute Gasteiger partial charge is 0.497 e. The van der Waals surface area contributed by atoms with Crippen LogP contribution in [0.3, 0.4) is 0 Å². The maximum Gasteiger partial charge on any atom is 0.337 e. The van der Waals surface area contributed by atoms with Crippen LogP contribution >= 0.6 is 11.8 Å². The SMILES string of the molecule is COC(=O)c1ccc(CSc2nnc(Cc3ccc(OC)cc3)o2)cc1. The molecule has 0 aliphatic carbocycles. The molecule has 0 N–H and O–H groups in total. The van der Waals surface area contributed by atoms with Crippen LogP contribution in [0.1, 0.15) is 27.4 Å². The van der Waals surface area contributed by atoms with Crippen molar-refractivity contribution in [3.63, 3.8) is 0 Å². The molecule has 0 unspecified atom stereocenters. The van der Waals surface area contributed by atoms with Gasteiger partial charge in [0.1, 0.15) is 5.75 Å². The number of carbonyl (C=O) groups is 1. The van der Waals surface area contributed by atoms with Crippen molar-refractivity contribution in [1.29, 1.82) is 0 Å². The summed E-state index contributed by atoms with van der Waals surface area (Å²) in [5.41, 5.74) is 2.66. The lowest BCUT2D eigenvalue weighted by Gasteiger charge is -2.01. The fourth-order valence-corrected chi connectivity index (χ4v) is 3.02. The molecule has 2 aromatic carbocycles. The summed E-state index contributed by atoms with van der Waals surface area (Å²) in [5, 5.41) is 8.67. The molecule has 0 aliphatic heterocycles. The first-order chi connectivity index (χ1) is 12.7. The van der Waals surface area contributed by atoms with Gasteiger partial charge in [-0.15, -0.1) is 10.2 Å². The van der Waals surface area contributed by atoms with Crippen LogP contribution in [0.4, 0.5) is 0 Å². The zero-order valence-electron chi connectivity index (χ0n) is 14.5. The van der Waals surface area contributed by atoms with E-state index in [0.717, 1.165) is 16.9 Å². The highest BCUT2D eigenvalue weighted by Gasteiger charge is 2.09. The number of hydrogen-bond acceptors (Lipinski definition) is 7. The third-order valence-corrected chi connectivity index (χ3v) is 4.59. The molecule has 3 rings (SSSR count). The smallest absolute Gasteiger partial charge is 0.337 e. The second kappa shape index (κ2) is 8.53. The molecule has 3 aromatic rings. The zero-order valence-corrected chi connectivity index (χ0v) is 15.3. The highest BCUT2D eigenvalue weighted by Crippen LogP contribution is 2.23. The first-order valence-corrected chi connectivity index (χ1v) is 8.92. The van der Waals surface area contributed by atoms with E-state index < -0.39 is 0 Å².